The first-order valence-electron chi connectivity index (χ1n) is 14.1. The van der Waals surface area contributed by atoms with E-state index in [-0.39, 0.29) is 18.2 Å². The molecule has 3 aromatic rings. The molecule has 9 nitrogen and oxygen atoms in total. The first kappa shape index (κ1) is 25.8. The highest BCUT2D eigenvalue weighted by atomic mass is 19.1. The van der Waals surface area contributed by atoms with Gasteiger partial charge < -0.3 is 23.6 Å². The number of halogens is 1. The molecule has 1 aromatic carbocycles. The number of fused-ring (bicyclic) bond motifs is 1. The van der Waals surface area contributed by atoms with E-state index in [1.165, 1.54) is 12.5 Å². The molecule has 0 spiro atoms. The van der Waals surface area contributed by atoms with E-state index in [1.54, 1.807) is 23.2 Å². The molecular formula is C29H36FN5O4. The summed E-state index contributed by atoms with van der Waals surface area (Å²) >= 11 is 0. The summed E-state index contributed by atoms with van der Waals surface area (Å²) in [6, 6.07) is 5.48. The fourth-order valence-electron chi connectivity index (χ4n) is 6.01. The molecule has 2 fully saturated rings. The molecule has 1 amide bonds. The van der Waals surface area contributed by atoms with Crippen LogP contribution in [0.4, 0.5) is 10.4 Å². The quantitative estimate of drug-likeness (QED) is 0.385. The van der Waals surface area contributed by atoms with E-state index >= 15 is 0 Å². The summed E-state index contributed by atoms with van der Waals surface area (Å²) in [6.45, 7) is 7.64. The molecule has 1 aliphatic carbocycles. The van der Waals surface area contributed by atoms with Crippen LogP contribution >= 0.6 is 0 Å². The number of anilines is 1. The minimum atomic E-state index is -0.402. The van der Waals surface area contributed by atoms with E-state index in [4.69, 9.17) is 13.8 Å². The van der Waals surface area contributed by atoms with Gasteiger partial charge in [-0.25, -0.2) is 4.39 Å². The van der Waals surface area contributed by atoms with Gasteiger partial charge in [-0.1, -0.05) is 30.2 Å². The summed E-state index contributed by atoms with van der Waals surface area (Å²) in [5.74, 6) is 4.03. The van der Waals surface area contributed by atoms with Crippen LogP contribution in [0, 0.1) is 23.6 Å². The van der Waals surface area contributed by atoms with E-state index in [9.17, 15) is 9.18 Å². The summed E-state index contributed by atoms with van der Waals surface area (Å²) in [5, 5.41) is 7.88. The Hall–Kier alpha value is -3.43. The Labute approximate surface area is 227 Å². The van der Waals surface area contributed by atoms with Crippen molar-refractivity contribution in [2.45, 2.75) is 64.8 Å². The Morgan fingerprint density at radius 3 is 2.82 bits per heavy atom. The third kappa shape index (κ3) is 5.79. The average molecular weight is 538 g/mol. The minimum absolute atomic E-state index is 0.0285. The normalized spacial score (nSPS) is 21.3. The maximum Gasteiger partial charge on any atom is 0.324 e. The molecule has 39 heavy (non-hydrogen) atoms. The molecule has 1 saturated carbocycles. The van der Waals surface area contributed by atoms with Crippen LogP contribution in [0.2, 0.25) is 0 Å². The molecule has 0 unspecified atom stereocenters. The van der Waals surface area contributed by atoms with Crippen LogP contribution in [-0.4, -0.2) is 52.3 Å². The lowest BCUT2D eigenvalue weighted by atomic mass is 9.90. The lowest BCUT2D eigenvalue weighted by Gasteiger charge is -2.30. The molecule has 4 heterocycles. The van der Waals surface area contributed by atoms with Crippen molar-refractivity contribution >= 4 is 11.9 Å². The van der Waals surface area contributed by atoms with Crippen molar-refractivity contribution in [3.8, 4) is 5.75 Å². The fourth-order valence-corrected chi connectivity index (χ4v) is 6.01. The van der Waals surface area contributed by atoms with Crippen molar-refractivity contribution in [3.63, 3.8) is 0 Å². The fraction of sp³-hybridized carbons (Fsp3) is 0.586. The van der Waals surface area contributed by atoms with Gasteiger partial charge in [0.15, 0.2) is 5.82 Å². The number of hydrogen-bond donors (Lipinski definition) is 0. The molecule has 0 N–H and O–H groups in total. The van der Waals surface area contributed by atoms with Crippen molar-refractivity contribution < 1.29 is 23.0 Å². The summed E-state index contributed by atoms with van der Waals surface area (Å²) in [4.78, 5) is 21.2. The first-order chi connectivity index (χ1) is 18.9. The van der Waals surface area contributed by atoms with E-state index in [1.807, 2.05) is 0 Å². The number of amides is 1. The zero-order valence-corrected chi connectivity index (χ0v) is 22.6. The molecule has 0 bridgehead atoms. The largest absolute Gasteiger partial charge is 0.493 e. The van der Waals surface area contributed by atoms with E-state index in [0.29, 0.717) is 49.4 Å². The molecule has 2 aliphatic heterocycles. The number of hydrogen-bond acceptors (Lipinski definition) is 8. The first-order valence-corrected chi connectivity index (χ1v) is 14.1. The van der Waals surface area contributed by atoms with Gasteiger partial charge in [0.1, 0.15) is 17.3 Å². The number of benzene rings is 1. The Kier molecular flexibility index (Phi) is 7.27. The predicted molar refractivity (Wildman–Crippen MR) is 141 cm³/mol. The van der Waals surface area contributed by atoms with E-state index < -0.39 is 5.82 Å². The molecular weight excluding hydrogens is 501 g/mol. The van der Waals surface area contributed by atoms with Crippen molar-refractivity contribution in [1.29, 1.82) is 0 Å². The molecule has 208 valence electrons. The van der Waals surface area contributed by atoms with Crippen LogP contribution in [0.1, 0.15) is 68.2 Å². The van der Waals surface area contributed by atoms with Crippen LogP contribution < -0.4 is 9.64 Å². The summed E-state index contributed by atoms with van der Waals surface area (Å²) < 4.78 is 31.3. The second-order valence-electron chi connectivity index (χ2n) is 11.5. The number of carbonyl (C=O) groups is 1. The summed E-state index contributed by atoms with van der Waals surface area (Å²) in [7, 11) is 0. The van der Waals surface area contributed by atoms with Crippen molar-refractivity contribution in [3.05, 3.63) is 52.9 Å². The van der Waals surface area contributed by atoms with Gasteiger partial charge in [-0.15, -0.1) is 0 Å². The second-order valence-corrected chi connectivity index (χ2v) is 11.5. The van der Waals surface area contributed by atoms with Crippen LogP contribution in [0.25, 0.3) is 0 Å². The number of aromatic nitrogens is 3. The molecule has 1 saturated heterocycles. The highest BCUT2D eigenvalue weighted by Gasteiger charge is 2.43. The van der Waals surface area contributed by atoms with Crippen LogP contribution in [0.3, 0.4) is 0 Å². The number of rotatable bonds is 9. The molecule has 0 radical (unpaired) electrons. The second kappa shape index (κ2) is 11.0. The molecule has 3 aliphatic rings. The third-order valence-electron chi connectivity index (χ3n) is 8.52. The SMILES string of the molecule is CC(C)c1noc(N2CCC([C@H]3C[C@H]3CCOc3ccc(CC(=O)N4CCc5oncc5C4)c(F)c3)CC2)n1. The Balaban J connectivity index is 0.916. The Bertz CT molecular complexity index is 1300. The van der Waals surface area contributed by atoms with Crippen LogP contribution in [-0.2, 0) is 24.2 Å². The highest BCUT2D eigenvalue weighted by Crippen LogP contribution is 2.50. The molecule has 2 aromatic heterocycles. The zero-order chi connectivity index (χ0) is 26.9. The monoisotopic (exact) mass is 537 g/mol. The van der Waals surface area contributed by atoms with Gasteiger partial charge in [0.2, 0.25) is 5.91 Å². The topological polar surface area (TPSA) is 97.7 Å². The van der Waals surface area contributed by atoms with Crippen LogP contribution in [0.15, 0.2) is 33.4 Å². The summed E-state index contributed by atoms with van der Waals surface area (Å²) in [5.41, 5.74) is 1.31. The lowest BCUT2D eigenvalue weighted by molar-refractivity contribution is -0.131. The van der Waals surface area contributed by atoms with Crippen molar-refractivity contribution in [2.75, 3.05) is 31.1 Å². The number of carbonyl (C=O) groups excluding carboxylic acids is 1. The minimum Gasteiger partial charge on any atom is -0.493 e. The average Bonchev–Trinajstić information content (AvgIpc) is 3.31. The van der Waals surface area contributed by atoms with Gasteiger partial charge in [0.05, 0.1) is 25.8 Å². The molecule has 6 rings (SSSR count). The van der Waals surface area contributed by atoms with Gasteiger partial charge >= 0.3 is 6.01 Å². The maximum atomic E-state index is 14.8. The van der Waals surface area contributed by atoms with Gasteiger partial charge in [0.25, 0.3) is 0 Å². The number of ether oxygens (including phenoxy) is 1. The van der Waals surface area contributed by atoms with Gasteiger partial charge in [0, 0.05) is 43.6 Å². The standard InChI is InChI=1S/C29H36FN5O4/c1-18(2)28-32-29(39-33-28)34-9-5-19(6-10-34)24-13-20(24)8-12-37-23-4-3-21(25(30)15-23)14-27(36)35-11-7-26-22(17-35)16-31-38-26/h3-4,15-16,18-20,24H,5-14,17H2,1-2H3/t20-,24-/m1/s1. The zero-order valence-electron chi connectivity index (χ0n) is 22.6. The van der Waals surface area contributed by atoms with Gasteiger partial charge in [-0.3, -0.25) is 4.79 Å². The smallest absolute Gasteiger partial charge is 0.324 e. The van der Waals surface area contributed by atoms with Crippen LogP contribution in [0.5, 0.6) is 5.75 Å². The third-order valence-corrected chi connectivity index (χ3v) is 8.52. The number of piperidine rings is 1. The lowest BCUT2D eigenvalue weighted by Crippen LogP contribution is -2.36. The van der Waals surface area contributed by atoms with Gasteiger partial charge in [-0.05, 0) is 55.1 Å². The van der Waals surface area contributed by atoms with E-state index in [0.717, 1.165) is 61.3 Å². The number of nitrogens with zero attached hydrogens (tertiary/aromatic N) is 5. The predicted octanol–water partition coefficient (Wildman–Crippen LogP) is 4.77. The molecule has 10 heteroatoms. The highest BCUT2D eigenvalue weighted by molar-refractivity contribution is 5.79. The maximum absolute atomic E-state index is 14.8. The van der Waals surface area contributed by atoms with E-state index in [2.05, 4.69) is 34.0 Å². The summed E-state index contributed by atoms with van der Waals surface area (Å²) in [6.07, 6.45) is 6.82. The Morgan fingerprint density at radius 2 is 2.05 bits per heavy atom. The van der Waals surface area contributed by atoms with Gasteiger partial charge in [-0.2, -0.15) is 4.98 Å². The van der Waals surface area contributed by atoms with Crippen molar-refractivity contribution in [2.24, 2.45) is 17.8 Å². The van der Waals surface area contributed by atoms with Crippen molar-refractivity contribution in [1.82, 2.24) is 20.2 Å². The Morgan fingerprint density at radius 1 is 1.21 bits per heavy atom. The molecule has 2 atom stereocenters.